The van der Waals surface area contributed by atoms with Crippen LogP contribution < -0.4 is 0 Å². The van der Waals surface area contributed by atoms with Crippen LogP contribution in [-0.2, 0) is 19.0 Å². The van der Waals surface area contributed by atoms with Crippen molar-refractivity contribution >= 4 is 5.97 Å². The topological polar surface area (TPSA) is 44.8 Å². The number of hydrogen-bond acceptors (Lipinski definition) is 4. The van der Waals surface area contributed by atoms with Crippen LogP contribution in [0.1, 0.15) is 26.2 Å². The largest absolute Gasteiger partial charge is 0.464 e. The zero-order valence-corrected chi connectivity index (χ0v) is 8.88. The lowest BCUT2D eigenvalue weighted by atomic mass is 9.95. The highest BCUT2D eigenvalue weighted by molar-refractivity contribution is 5.80. The monoisotopic (exact) mass is 202 g/mol. The van der Waals surface area contributed by atoms with E-state index < -0.39 is 5.60 Å². The molecule has 1 rings (SSSR count). The maximum Gasteiger partial charge on any atom is 0.340 e. The van der Waals surface area contributed by atoms with Crippen LogP contribution >= 0.6 is 0 Å². The predicted molar refractivity (Wildman–Crippen MR) is 51.0 cm³/mol. The van der Waals surface area contributed by atoms with E-state index in [-0.39, 0.29) is 12.6 Å². The Balaban J connectivity index is 2.63. The third kappa shape index (κ3) is 2.45. The zero-order chi connectivity index (χ0) is 10.4. The first kappa shape index (κ1) is 11.5. The first-order chi connectivity index (χ1) is 6.75. The highest BCUT2D eigenvalue weighted by Gasteiger charge is 2.42. The van der Waals surface area contributed by atoms with Crippen LogP contribution in [0.25, 0.3) is 0 Å². The fourth-order valence-electron chi connectivity index (χ4n) is 1.68. The van der Waals surface area contributed by atoms with E-state index in [0.29, 0.717) is 19.6 Å². The molecule has 1 fully saturated rings. The molecule has 0 aromatic carbocycles. The molecule has 1 saturated heterocycles. The van der Waals surface area contributed by atoms with E-state index in [1.807, 2.05) is 0 Å². The second kappa shape index (κ2) is 5.32. The minimum absolute atomic E-state index is 0.284. The van der Waals surface area contributed by atoms with Crippen molar-refractivity contribution in [3.63, 3.8) is 0 Å². The van der Waals surface area contributed by atoms with Crippen LogP contribution in [0.15, 0.2) is 0 Å². The molecular formula is C10H18O4. The van der Waals surface area contributed by atoms with Gasteiger partial charge >= 0.3 is 5.97 Å². The number of rotatable bonds is 4. The van der Waals surface area contributed by atoms with Gasteiger partial charge in [0.25, 0.3) is 0 Å². The highest BCUT2D eigenvalue weighted by Crippen LogP contribution is 2.26. The lowest BCUT2D eigenvalue weighted by molar-refractivity contribution is -0.186. The Morgan fingerprint density at radius 1 is 1.50 bits per heavy atom. The average molecular weight is 202 g/mol. The molecule has 0 spiro atoms. The lowest BCUT2D eigenvalue weighted by Gasteiger charge is -2.34. The first-order valence-corrected chi connectivity index (χ1v) is 5.05. The first-order valence-electron chi connectivity index (χ1n) is 5.05. The van der Waals surface area contributed by atoms with Crippen molar-refractivity contribution in [3.8, 4) is 0 Å². The van der Waals surface area contributed by atoms with Crippen molar-refractivity contribution in [1.29, 1.82) is 0 Å². The van der Waals surface area contributed by atoms with Gasteiger partial charge in [-0.25, -0.2) is 4.79 Å². The molecule has 0 aliphatic carbocycles. The molecule has 1 heterocycles. The summed E-state index contributed by atoms with van der Waals surface area (Å²) in [5.41, 5.74) is -0.844. The number of carbonyl (C=O) groups is 1. The Kier molecular flexibility index (Phi) is 4.35. The fraction of sp³-hybridized carbons (Fsp3) is 0.900. The smallest absolute Gasteiger partial charge is 0.340 e. The molecule has 4 heteroatoms. The van der Waals surface area contributed by atoms with Crippen LogP contribution in [0.4, 0.5) is 0 Å². The van der Waals surface area contributed by atoms with Gasteiger partial charge < -0.3 is 14.2 Å². The maximum atomic E-state index is 11.7. The van der Waals surface area contributed by atoms with Gasteiger partial charge in [-0.2, -0.15) is 0 Å². The van der Waals surface area contributed by atoms with Crippen LogP contribution in [0.3, 0.4) is 0 Å². The molecule has 0 radical (unpaired) electrons. The third-order valence-electron chi connectivity index (χ3n) is 2.38. The molecular weight excluding hydrogens is 184 g/mol. The van der Waals surface area contributed by atoms with E-state index in [4.69, 9.17) is 14.2 Å². The van der Waals surface area contributed by atoms with Gasteiger partial charge in [-0.3, -0.25) is 0 Å². The third-order valence-corrected chi connectivity index (χ3v) is 2.38. The summed E-state index contributed by atoms with van der Waals surface area (Å²) >= 11 is 0. The standard InChI is InChI=1S/C10H18O4/c1-3-13-9(11)10(8-12-2)6-4-5-7-14-10/h3-8H2,1-2H3/t10-/m1/s1. The number of methoxy groups -OCH3 is 1. The van der Waals surface area contributed by atoms with E-state index in [2.05, 4.69) is 0 Å². The normalized spacial score (nSPS) is 27.3. The number of carbonyl (C=O) groups excluding carboxylic acids is 1. The van der Waals surface area contributed by atoms with Gasteiger partial charge in [0.2, 0.25) is 0 Å². The van der Waals surface area contributed by atoms with Crippen LogP contribution in [0.5, 0.6) is 0 Å². The van der Waals surface area contributed by atoms with Gasteiger partial charge in [0.1, 0.15) is 0 Å². The quantitative estimate of drug-likeness (QED) is 0.641. The molecule has 0 aromatic rings. The Bertz CT molecular complexity index is 179. The molecule has 1 atom stereocenters. The van der Waals surface area contributed by atoms with E-state index in [9.17, 15) is 4.79 Å². The Morgan fingerprint density at radius 3 is 2.79 bits per heavy atom. The second-order valence-corrected chi connectivity index (χ2v) is 3.45. The number of esters is 1. The molecule has 14 heavy (non-hydrogen) atoms. The van der Waals surface area contributed by atoms with Crippen molar-refractivity contribution < 1.29 is 19.0 Å². The highest BCUT2D eigenvalue weighted by atomic mass is 16.6. The summed E-state index contributed by atoms with van der Waals surface area (Å²) in [5, 5.41) is 0. The van der Waals surface area contributed by atoms with Gasteiger partial charge in [-0.05, 0) is 26.2 Å². The van der Waals surface area contributed by atoms with E-state index in [1.165, 1.54) is 0 Å². The summed E-state index contributed by atoms with van der Waals surface area (Å²) in [6, 6.07) is 0. The Labute approximate surface area is 84.5 Å². The number of ether oxygens (including phenoxy) is 3. The van der Waals surface area contributed by atoms with Gasteiger partial charge in [0, 0.05) is 13.7 Å². The van der Waals surface area contributed by atoms with Crippen LogP contribution in [0, 0.1) is 0 Å². The molecule has 0 amide bonds. The average Bonchev–Trinajstić information content (AvgIpc) is 2.20. The van der Waals surface area contributed by atoms with Gasteiger partial charge in [-0.15, -0.1) is 0 Å². The molecule has 0 aromatic heterocycles. The molecule has 4 nitrogen and oxygen atoms in total. The fourth-order valence-corrected chi connectivity index (χ4v) is 1.68. The minimum Gasteiger partial charge on any atom is -0.464 e. The molecule has 82 valence electrons. The van der Waals surface area contributed by atoms with E-state index in [1.54, 1.807) is 14.0 Å². The second-order valence-electron chi connectivity index (χ2n) is 3.45. The van der Waals surface area contributed by atoms with Crippen LogP contribution in [0.2, 0.25) is 0 Å². The van der Waals surface area contributed by atoms with Gasteiger partial charge in [0.05, 0.1) is 13.2 Å². The van der Waals surface area contributed by atoms with Crippen molar-refractivity contribution in [1.82, 2.24) is 0 Å². The predicted octanol–water partition coefficient (Wildman–Crippen LogP) is 1.14. The minimum atomic E-state index is -0.844. The Morgan fingerprint density at radius 2 is 2.29 bits per heavy atom. The van der Waals surface area contributed by atoms with Crippen molar-refractivity contribution in [2.24, 2.45) is 0 Å². The molecule has 1 aliphatic rings. The molecule has 0 unspecified atom stereocenters. The maximum absolute atomic E-state index is 11.7. The van der Waals surface area contributed by atoms with Crippen molar-refractivity contribution in [3.05, 3.63) is 0 Å². The molecule has 0 bridgehead atoms. The molecule has 0 saturated carbocycles. The Hall–Kier alpha value is -0.610. The van der Waals surface area contributed by atoms with E-state index in [0.717, 1.165) is 12.8 Å². The molecule has 0 N–H and O–H groups in total. The summed E-state index contributed by atoms with van der Waals surface area (Å²) in [4.78, 5) is 11.7. The van der Waals surface area contributed by atoms with E-state index >= 15 is 0 Å². The van der Waals surface area contributed by atoms with Gasteiger partial charge in [0.15, 0.2) is 5.60 Å². The van der Waals surface area contributed by atoms with Crippen molar-refractivity contribution in [2.45, 2.75) is 31.8 Å². The summed E-state index contributed by atoms with van der Waals surface area (Å²) in [6.07, 6.45) is 2.69. The SMILES string of the molecule is CCOC(=O)[C@]1(COC)CCCCO1. The van der Waals surface area contributed by atoms with Gasteiger partial charge in [-0.1, -0.05) is 0 Å². The summed E-state index contributed by atoms with van der Waals surface area (Å²) < 4.78 is 15.5. The summed E-state index contributed by atoms with van der Waals surface area (Å²) in [7, 11) is 1.57. The van der Waals surface area contributed by atoms with Crippen LogP contribution in [-0.4, -0.2) is 38.5 Å². The molecule has 1 aliphatic heterocycles. The summed E-state index contributed by atoms with van der Waals surface area (Å²) in [6.45, 7) is 3.07. The van der Waals surface area contributed by atoms with Crippen molar-refractivity contribution in [2.75, 3.05) is 26.9 Å². The number of hydrogen-bond donors (Lipinski definition) is 0. The summed E-state index contributed by atoms with van der Waals surface area (Å²) in [5.74, 6) is -0.290. The lowest BCUT2D eigenvalue weighted by Crippen LogP contribution is -2.49. The zero-order valence-electron chi connectivity index (χ0n) is 8.88.